The molecule has 2 aliphatic carbocycles. The predicted molar refractivity (Wildman–Crippen MR) is 161 cm³/mol. The highest BCUT2D eigenvalue weighted by Crippen LogP contribution is 2.55. The number of carbonyl (C=O) groups excluding carboxylic acids is 2. The summed E-state index contributed by atoms with van der Waals surface area (Å²) in [5.41, 5.74) is 2.04. The zero-order valence-electron chi connectivity index (χ0n) is 24.4. The maximum Gasteiger partial charge on any atom is 0.319 e. The number of sulfone groups is 1. The van der Waals surface area contributed by atoms with E-state index in [0.717, 1.165) is 12.8 Å². The molecule has 2 saturated carbocycles. The van der Waals surface area contributed by atoms with E-state index in [1.54, 1.807) is 32.3 Å². The lowest BCUT2D eigenvalue weighted by molar-refractivity contribution is 0.0827. The Hall–Kier alpha value is -4.10. The second kappa shape index (κ2) is 11.2. The van der Waals surface area contributed by atoms with Gasteiger partial charge in [-0.1, -0.05) is 0 Å². The lowest BCUT2D eigenvalue weighted by Crippen LogP contribution is -2.44. The fraction of sp³-hybridized carbons (Fsp3) is 0.433. The van der Waals surface area contributed by atoms with Gasteiger partial charge in [0, 0.05) is 50.2 Å². The van der Waals surface area contributed by atoms with Gasteiger partial charge >= 0.3 is 6.03 Å². The zero-order valence-corrected chi connectivity index (χ0v) is 25.2. The monoisotopic (exact) mass is 605 g/mol. The summed E-state index contributed by atoms with van der Waals surface area (Å²) in [7, 11) is -0.699. The molecule has 3 fully saturated rings. The summed E-state index contributed by atoms with van der Waals surface area (Å²) in [6.07, 6.45) is 4.08. The molecule has 1 saturated heterocycles. The Balaban J connectivity index is 1.35. The molecule has 0 unspecified atom stereocenters. The molecule has 0 bridgehead atoms. The highest BCUT2D eigenvalue weighted by atomic mass is 32.2. The Bertz CT molecular complexity index is 1640. The first kappa shape index (κ1) is 29.0. The number of nitrogens with zero attached hydrogens (tertiary/aromatic N) is 5. The summed E-state index contributed by atoms with van der Waals surface area (Å²) < 4.78 is 32.5. The van der Waals surface area contributed by atoms with Crippen LogP contribution < -0.4 is 15.5 Å². The minimum Gasteiger partial charge on any atom is -0.377 e. The molecule has 226 valence electrons. The van der Waals surface area contributed by atoms with Crippen LogP contribution in [0.25, 0.3) is 11.4 Å². The third kappa shape index (κ3) is 5.78. The van der Waals surface area contributed by atoms with Gasteiger partial charge in [-0.2, -0.15) is 0 Å². The van der Waals surface area contributed by atoms with Gasteiger partial charge in [-0.15, -0.1) is 0 Å². The average Bonchev–Trinajstić information content (AvgIpc) is 3.93. The highest BCUT2D eigenvalue weighted by Gasteiger charge is 2.58. The van der Waals surface area contributed by atoms with Gasteiger partial charge in [-0.3, -0.25) is 4.79 Å². The van der Waals surface area contributed by atoms with Gasteiger partial charge in [0.2, 0.25) is 9.84 Å². The molecule has 3 aromatic rings. The Morgan fingerprint density at radius 2 is 1.81 bits per heavy atom. The first-order valence-electron chi connectivity index (χ1n) is 14.4. The third-order valence-corrected chi connectivity index (χ3v) is 10.5. The Morgan fingerprint density at radius 1 is 1.07 bits per heavy atom. The Kier molecular flexibility index (Phi) is 7.55. The fourth-order valence-corrected chi connectivity index (χ4v) is 7.05. The number of anilines is 2. The van der Waals surface area contributed by atoms with Gasteiger partial charge in [0.1, 0.15) is 10.6 Å². The van der Waals surface area contributed by atoms with Crippen molar-refractivity contribution in [1.82, 2.24) is 25.2 Å². The van der Waals surface area contributed by atoms with Crippen LogP contribution in [0.15, 0.2) is 53.7 Å². The minimum absolute atomic E-state index is 0.0381. The van der Waals surface area contributed by atoms with E-state index in [-0.39, 0.29) is 29.0 Å². The van der Waals surface area contributed by atoms with Gasteiger partial charge < -0.3 is 25.2 Å². The maximum atomic E-state index is 14.1. The number of nitrogens with one attached hydrogen (secondary N) is 2. The number of hydrogen-bond donors (Lipinski definition) is 2. The van der Waals surface area contributed by atoms with Crippen LogP contribution in [-0.4, -0.2) is 86.1 Å². The SMILES string of the molecule is C[C@H]1COCCN1c1cc(C2(S(=O)(=O)c3ccc(C(=O)N(C)C)cn3)CC2)nc(-c2ccc(NC(=O)NC3CC3)cc2)n1. The smallest absolute Gasteiger partial charge is 0.319 e. The molecule has 6 rings (SSSR count). The van der Waals surface area contributed by atoms with Crippen LogP contribution in [0.1, 0.15) is 48.7 Å². The van der Waals surface area contributed by atoms with Gasteiger partial charge in [0.05, 0.1) is 30.5 Å². The van der Waals surface area contributed by atoms with Crippen molar-refractivity contribution in [1.29, 1.82) is 0 Å². The van der Waals surface area contributed by atoms with E-state index in [1.165, 1.54) is 23.2 Å². The Morgan fingerprint density at radius 3 is 2.42 bits per heavy atom. The van der Waals surface area contributed by atoms with Gasteiger partial charge in [-0.05, 0) is 69.0 Å². The number of ether oxygens (including phenoxy) is 1. The molecule has 1 atom stereocenters. The summed E-state index contributed by atoms with van der Waals surface area (Å²) in [5, 5.41) is 5.64. The van der Waals surface area contributed by atoms with Crippen molar-refractivity contribution in [2.24, 2.45) is 0 Å². The lowest BCUT2D eigenvalue weighted by atomic mass is 10.1. The number of rotatable bonds is 8. The third-order valence-electron chi connectivity index (χ3n) is 8.04. The van der Waals surface area contributed by atoms with Crippen LogP contribution in [-0.2, 0) is 19.3 Å². The summed E-state index contributed by atoms with van der Waals surface area (Å²) in [4.78, 5) is 41.9. The summed E-state index contributed by atoms with van der Waals surface area (Å²) >= 11 is 0. The Labute approximate surface area is 250 Å². The number of pyridine rings is 1. The topological polar surface area (TPSA) is 147 Å². The molecule has 0 spiro atoms. The van der Waals surface area contributed by atoms with Crippen molar-refractivity contribution in [3.05, 3.63) is 59.9 Å². The molecule has 0 radical (unpaired) electrons. The van der Waals surface area contributed by atoms with E-state index in [0.29, 0.717) is 66.8 Å². The molecule has 12 nitrogen and oxygen atoms in total. The van der Waals surface area contributed by atoms with Crippen molar-refractivity contribution in [3.8, 4) is 11.4 Å². The first-order valence-corrected chi connectivity index (χ1v) is 15.9. The molecular weight excluding hydrogens is 570 g/mol. The standard InChI is InChI=1S/C30H35N7O5S/c1-19-18-42-15-14-37(19)25-16-24(30(12-13-30)43(40,41)26-11-6-21(17-31-26)28(38)36(2)3)34-27(35-25)20-4-7-22(8-5-20)32-29(39)33-23-9-10-23/h4-8,11,16-17,19,23H,9-10,12-15,18H2,1-3H3,(H2,32,33,39)/t19-/m0/s1. The van der Waals surface area contributed by atoms with Crippen LogP contribution in [0.3, 0.4) is 0 Å². The molecule has 1 aromatic carbocycles. The number of benzene rings is 1. The van der Waals surface area contributed by atoms with Gasteiger partial charge in [0.15, 0.2) is 10.9 Å². The van der Waals surface area contributed by atoms with E-state index in [4.69, 9.17) is 14.7 Å². The number of amides is 3. The molecular formula is C30H35N7O5S. The first-order chi connectivity index (χ1) is 20.6. The molecule has 3 aliphatic rings. The minimum atomic E-state index is -3.95. The summed E-state index contributed by atoms with van der Waals surface area (Å²) in [6.45, 7) is 3.72. The quantitative estimate of drug-likeness (QED) is 0.395. The molecule has 43 heavy (non-hydrogen) atoms. The normalized spacial score (nSPS) is 19.4. The van der Waals surface area contributed by atoms with E-state index >= 15 is 0 Å². The van der Waals surface area contributed by atoms with E-state index in [1.807, 2.05) is 19.1 Å². The van der Waals surface area contributed by atoms with Crippen LogP contribution >= 0.6 is 0 Å². The molecule has 3 heterocycles. The van der Waals surface area contributed by atoms with Crippen molar-refractivity contribution >= 4 is 33.3 Å². The van der Waals surface area contributed by atoms with Gasteiger partial charge in [-0.25, -0.2) is 28.2 Å². The van der Waals surface area contributed by atoms with Crippen molar-refractivity contribution < 1.29 is 22.7 Å². The lowest BCUT2D eigenvalue weighted by Gasteiger charge is -2.34. The van der Waals surface area contributed by atoms with Crippen LogP contribution in [0, 0.1) is 0 Å². The van der Waals surface area contributed by atoms with Gasteiger partial charge in [0.25, 0.3) is 5.91 Å². The average molecular weight is 606 g/mol. The van der Waals surface area contributed by atoms with Crippen molar-refractivity contribution in [2.75, 3.05) is 44.1 Å². The van der Waals surface area contributed by atoms with Crippen LogP contribution in [0.2, 0.25) is 0 Å². The number of morpholine rings is 1. The van der Waals surface area contributed by atoms with E-state index in [9.17, 15) is 18.0 Å². The predicted octanol–water partition coefficient (Wildman–Crippen LogP) is 3.21. The van der Waals surface area contributed by atoms with E-state index < -0.39 is 14.6 Å². The van der Waals surface area contributed by atoms with E-state index in [2.05, 4.69) is 20.5 Å². The van der Waals surface area contributed by atoms with Crippen LogP contribution in [0.4, 0.5) is 16.3 Å². The molecule has 13 heteroatoms. The van der Waals surface area contributed by atoms with Crippen molar-refractivity contribution in [3.63, 3.8) is 0 Å². The molecule has 2 N–H and O–H groups in total. The second-order valence-corrected chi connectivity index (χ2v) is 13.8. The van der Waals surface area contributed by atoms with Crippen molar-refractivity contribution in [2.45, 2.75) is 54.5 Å². The summed E-state index contributed by atoms with van der Waals surface area (Å²) in [6, 6.07) is 11.9. The number of aromatic nitrogens is 3. The number of carbonyl (C=O) groups is 2. The number of hydrogen-bond acceptors (Lipinski definition) is 9. The zero-order chi connectivity index (χ0) is 30.4. The molecule has 2 aromatic heterocycles. The summed E-state index contributed by atoms with van der Waals surface area (Å²) in [5.74, 6) is 0.761. The largest absolute Gasteiger partial charge is 0.377 e. The highest BCUT2D eigenvalue weighted by molar-refractivity contribution is 7.92. The maximum absolute atomic E-state index is 14.1. The number of urea groups is 1. The second-order valence-electron chi connectivity index (χ2n) is 11.6. The molecule has 1 aliphatic heterocycles. The van der Waals surface area contributed by atoms with Crippen LogP contribution in [0.5, 0.6) is 0 Å². The molecule has 3 amide bonds. The fourth-order valence-electron chi connectivity index (χ4n) is 5.19.